The van der Waals surface area contributed by atoms with E-state index in [1.54, 1.807) is 6.07 Å². The van der Waals surface area contributed by atoms with Crippen molar-refractivity contribution in [1.82, 2.24) is 21.0 Å². The van der Waals surface area contributed by atoms with Crippen LogP contribution in [-0.2, 0) is 0 Å². The Morgan fingerprint density at radius 1 is 1.00 bits per heavy atom. The third-order valence-electron chi connectivity index (χ3n) is 3.39. The molecule has 7 nitrogen and oxygen atoms in total. The number of carbonyl (C=O) groups excluding carboxylic acids is 2. The van der Waals surface area contributed by atoms with E-state index in [-0.39, 0.29) is 22.0 Å². The summed E-state index contributed by atoms with van der Waals surface area (Å²) in [5.41, 5.74) is 6.41. The van der Waals surface area contributed by atoms with E-state index < -0.39 is 11.8 Å². The standard InChI is InChI=1S/C17H13ClN4O3/c18-12-8-11(6-7-15(12)23)16(24)21-22-17(25)14-9-13(19-20-14)10-4-2-1-3-5-10/h1-9,23H,(H,19,20)(H,21,24)(H,22,25). The molecule has 0 aliphatic rings. The lowest BCUT2D eigenvalue weighted by Crippen LogP contribution is -2.41. The van der Waals surface area contributed by atoms with Crippen molar-refractivity contribution in [2.75, 3.05) is 0 Å². The zero-order chi connectivity index (χ0) is 17.8. The average molecular weight is 357 g/mol. The van der Waals surface area contributed by atoms with Gasteiger partial charge in [-0.15, -0.1) is 0 Å². The Hall–Kier alpha value is -3.32. The van der Waals surface area contributed by atoms with E-state index in [1.807, 2.05) is 30.3 Å². The molecule has 0 radical (unpaired) electrons. The van der Waals surface area contributed by atoms with E-state index in [1.165, 1.54) is 18.2 Å². The van der Waals surface area contributed by atoms with Crippen LogP contribution in [0.4, 0.5) is 0 Å². The fraction of sp³-hybridized carbons (Fsp3) is 0. The molecule has 2 amide bonds. The quantitative estimate of drug-likeness (QED) is 0.541. The maximum Gasteiger partial charge on any atom is 0.287 e. The summed E-state index contributed by atoms with van der Waals surface area (Å²) < 4.78 is 0. The Kier molecular flexibility index (Phi) is 4.67. The van der Waals surface area contributed by atoms with E-state index in [9.17, 15) is 14.7 Å². The van der Waals surface area contributed by atoms with Crippen LogP contribution in [0.3, 0.4) is 0 Å². The van der Waals surface area contributed by atoms with E-state index >= 15 is 0 Å². The molecule has 0 bridgehead atoms. The zero-order valence-electron chi connectivity index (χ0n) is 12.8. The van der Waals surface area contributed by atoms with Crippen molar-refractivity contribution < 1.29 is 14.7 Å². The largest absolute Gasteiger partial charge is 0.506 e. The average Bonchev–Trinajstić information content (AvgIpc) is 3.12. The van der Waals surface area contributed by atoms with Gasteiger partial charge in [-0.2, -0.15) is 5.10 Å². The maximum absolute atomic E-state index is 12.1. The van der Waals surface area contributed by atoms with E-state index in [0.717, 1.165) is 5.56 Å². The highest BCUT2D eigenvalue weighted by molar-refractivity contribution is 6.32. The second-order valence-electron chi connectivity index (χ2n) is 5.11. The predicted octanol–water partition coefficient (Wildman–Crippen LogP) is 2.51. The van der Waals surface area contributed by atoms with E-state index in [2.05, 4.69) is 21.0 Å². The minimum Gasteiger partial charge on any atom is -0.506 e. The number of benzene rings is 2. The van der Waals surface area contributed by atoms with Gasteiger partial charge < -0.3 is 5.11 Å². The Bertz CT molecular complexity index is 925. The van der Waals surface area contributed by atoms with Crippen molar-refractivity contribution in [3.8, 4) is 17.0 Å². The molecule has 2 aromatic carbocycles. The number of phenolic OH excluding ortho intramolecular Hbond substituents is 1. The zero-order valence-corrected chi connectivity index (χ0v) is 13.5. The summed E-state index contributed by atoms with van der Waals surface area (Å²) in [5.74, 6) is -1.25. The summed E-state index contributed by atoms with van der Waals surface area (Å²) in [7, 11) is 0. The number of hydrogen-bond acceptors (Lipinski definition) is 4. The summed E-state index contributed by atoms with van der Waals surface area (Å²) in [6.45, 7) is 0. The highest BCUT2D eigenvalue weighted by Crippen LogP contribution is 2.23. The number of amides is 2. The van der Waals surface area contributed by atoms with Crippen molar-refractivity contribution in [3.63, 3.8) is 0 Å². The van der Waals surface area contributed by atoms with Crippen molar-refractivity contribution in [2.45, 2.75) is 0 Å². The normalized spacial score (nSPS) is 10.3. The number of nitrogens with one attached hydrogen (secondary N) is 3. The molecule has 0 saturated heterocycles. The molecule has 0 aliphatic heterocycles. The Labute approximate surface area is 147 Å². The van der Waals surface area contributed by atoms with Crippen LogP contribution in [0.2, 0.25) is 5.02 Å². The van der Waals surface area contributed by atoms with Gasteiger partial charge in [0.25, 0.3) is 11.8 Å². The molecular formula is C17H13ClN4O3. The molecule has 0 fully saturated rings. The van der Waals surface area contributed by atoms with Gasteiger partial charge in [0.2, 0.25) is 0 Å². The van der Waals surface area contributed by atoms with Crippen molar-refractivity contribution in [3.05, 3.63) is 70.9 Å². The Morgan fingerprint density at radius 2 is 1.72 bits per heavy atom. The fourth-order valence-corrected chi connectivity index (χ4v) is 2.28. The molecule has 8 heteroatoms. The molecule has 0 saturated carbocycles. The molecule has 25 heavy (non-hydrogen) atoms. The SMILES string of the molecule is O=C(NNC(=O)c1cc(-c2ccccc2)n[nH]1)c1ccc(O)c(Cl)c1. The third kappa shape index (κ3) is 3.78. The summed E-state index contributed by atoms with van der Waals surface area (Å²) >= 11 is 5.75. The van der Waals surface area contributed by atoms with Gasteiger partial charge in [0.15, 0.2) is 0 Å². The number of aromatic nitrogens is 2. The lowest BCUT2D eigenvalue weighted by Gasteiger charge is -2.06. The number of hydrazine groups is 1. The second-order valence-corrected chi connectivity index (χ2v) is 5.51. The molecule has 3 aromatic rings. The van der Waals surface area contributed by atoms with Crippen LogP contribution < -0.4 is 10.9 Å². The molecule has 1 heterocycles. The molecule has 0 atom stereocenters. The van der Waals surface area contributed by atoms with Crippen molar-refractivity contribution in [2.24, 2.45) is 0 Å². The highest BCUT2D eigenvalue weighted by atomic mass is 35.5. The van der Waals surface area contributed by atoms with Crippen molar-refractivity contribution in [1.29, 1.82) is 0 Å². The molecule has 1 aromatic heterocycles. The monoisotopic (exact) mass is 356 g/mol. The molecule has 0 aliphatic carbocycles. The number of hydrogen-bond donors (Lipinski definition) is 4. The van der Waals surface area contributed by atoms with Gasteiger partial charge in [0.05, 0.1) is 10.7 Å². The predicted molar refractivity (Wildman–Crippen MR) is 92.1 cm³/mol. The van der Waals surface area contributed by atoms with Crippen LogP contribution >= 0.6 is 11.6 Å². The summed E-state index contributed by atoms with van der Waals surface area (Å²) in [6.07, 6.45) is 0. The van der Waals surface area contributed by atoms with Gasteiger partial charge in [0.1, 0.15) is 11.4 Å². The maximum atomic E-state index is 12.1. The summed E-state index contributed by atoms with van der Waals surface area (Å²) in [6, 6.07) is 14.9. The first-order chi connectivity index (χ1) is 12.0. The molecule has 3 rings (SSSR count). The first kappa shape index (κ1) is 16.5. The third-order valence-corrected chi connectivity index (χ3v) is 3.69. The number of phenols is 1. The number of H-pyrrole nitrogens is 1. The molecule has 0 spiro atoms. The first-order valence-corrected chi connectivity index (χ1v) is 7.62. The number of halogens is 1. The van der Waals surface area contributed by atoms with Gasteiger partial charge in [-0.25, -0.2) is 0 Å². The van der Waals surface area contributed by atoms with Gasteiger partial charge in [0, 0.05) is 11.1 Å². The van der Waals surface area contributed by atoms with Crippen LogP contribution in [-0.4, -0.2) is 27.1 Å². The Balaban J connectivity index is 1.64. The van der Waals surface area contributed by atoms with Crippen LogP contribution in [0, 0.1) is 0 Å². The summed E-state index contributed by atoms with van der Waals surface area (Å²) in [4.78, 5) is 24.1. The number of aromatic amines is 1. The van der Waals surface area contributed by atoms with E-state index in [4.69, 9.17) is 11.6 Å². The van der Waals surface area contributed by atoms with Gasteiger partial charge >= 0.3 is 0 Å². The highest BCUT2D eigenvalue weighted by Gasteiger charge is 2.13. The van der Waals surface area contributed by atoms with Gasteiger partial charge in [-0.1, -0.05) is 41.9 Å². The smallest absolute Gasteiger partial charge is 0.287 e. The number of rotatable bonds is 3. The minimum atomic E-state index is -0.571. The number of carbonyl (C=O) groups is 2. The Morgan fingerprint density at radius 3 is 2.44 bits per heavy atom. The topological polar surface area (TPSA) is 107 Å². The molecular weight excluding hydrogens is 344 g/mol. The van der Waals surface area contributed by atoms with Crippen LogP contribution in [0.1, 0.15) is 20.8 Å². The lowest BCUT2D eigenvalue weighted by molar-refractivity contribution is 0.0844. The first-order valence-electron chi connectivity index (χ1n) is 7.24. The van der Waals surface area contributed by atoms with Gasteiger partial charge in [-0.05, 0) is 24.3 Å². The molecule has 4 N–H and O–H groups in total. The van der Waals surface area contributed by atoms with Crippen LogP contribution in [0.15, 0.2) is 54.6 Å². The van der Waals surface area contributed by atoms with Crippen LogP contribution in [0.25, 0.3) is 11.3 Å². The molecule has 0 unspecified atom stereocenters. The van der Waals surface area contributed by atoms with Crippen LogP contribution in [0.5, 0.6) is 5.75 Å². The van der Waals surface area contributed by atoms with Crippen molar-refractivity contribution >= 4 is 23.4 Å². The fourth-order valence-electron chi connectivity index (χ4n) is 2.10. The van der Waals surface area contributed by atoms with Gasteiger partial charge in [-0.3, -0.25) is 25.5 Å². The summed E-state index contributed by atoms with van der Waals surface area (Å²) in [5, 5.41) is 16.1. The minimum absolute atomic E-state index is 0.0417. The number of aromatic hydroxyl groups is 1. The number of nitrogens with zero attached hydrogens (tertiary/aromatic N) is 1. The lowest BCUT2D eigenvalue weighted by atomic mass is 10.1. The molecule has 126 valence electrons. The van der Waals surface area contributed by atoms with E-state index in [0.29, 0.717) is 5.69 Å². The second kappa shape index (κ2) is 7.06.